The molecular formula is C21H21N3O4S. The second kappa shape index (κ2) is 8.74. The molecule has 0 aliphatic carbocycles. The van der Waals surface area contributed by atoms with Crippen molar-refractivity contribution in [3.05, 3.63) is 70.9 Å². The summed E-state index contributed by atoms with van der Waals surface area (Å²) in [6, 6.07) is 13.5. The van der Waals surface area contributed by atoms with Gasteiger partial charge >= 0.3 is 5.97 Å². The molecule has 1 heterocycles. The van der Waals surface area contributed by atoms with E-state index >= 15 is 0 Å². The van der Waals surface area contributed by atoms with E-state index in [-0.39, 0.29) is 5.91 Å². The van der Waals surface area contributed by atoms with Gasteiger partial charge in [-0.25, -0.2) is 4.79 Å². The highest BCUT2D eigenvalue weighted by molar-refractivity contribution is 7.80. The van der Waals surface area contributed by atoms with E-state index in [9.17, 15) is 9.59 Å². The molecule has 0 aromatic heterocycles. The first kappa shape index (κ1) is 20.3. The number of anilines is 1. The predicted octanol–water partition coefficient (Wildman–Crippen LogP) is 2.91. The van der Waals surface area contributed by atoms with Crippen molar-refractivity contribution in [3.63, 3.8) is 0 Å². The van der Waals surface area contributed by atoms with Crippen molar-refractivity contribution in [2.75, 3.05) is 19.5 Å². The lowest BCUT2D eigenvalue weighted by Gasteiger charge is -2.30. The molecule has 0 unspecified atom stereocenters. The summed E-state index contributed by atoms with van der Waals surface area (Å²) < 4.78 is 9.94. The van der Waals surface area contributed by atoms with Crippen LogP contribution in [0, 0.1) is 0 Å². The molecule has 1 aliphatic rings. The molecule has 3 N–H and O–H groups in total. The molecule has 1 amide bonds. The molecule has 8 heteroatoms. The summed E-state index contributed by atoms with van der Waals surface area (Å²) in [6.07, 6.45) is 0. The molecule has 0 saturated heterocycles. The molecule has 0 saturated carbocycles. The summed E-state index contributed by atoms with van der Waals surface area (Å²) in [4.78, 5) is 24.8. The van der Waals surface area contributed by atoms with Gasteiger partial charge in [0, 0.05) is 17.5 Å². The zero-order valence-corrected chi connectivity index (χ0v) is 17.1. The molecule has 1 atom stereocenters. The number of amides is 1. The van der Waals surface area contributed by atoms with Crippen molar-refractivity contribution in [1.82, 2.24) is 10.6 Å². The summed E-state index contributed by atoms with van der Waals surface area (Å²) in [6.45, 7) is 1.80. The number of methoxy groups -OCH3 is 2. The van der Waals surface area contributed by atoms with Crippen molar-refractivity contribution in [2.45, 2.75) is 13.0 Å². The molecule has 2 aromatic carbocycles. The fourth-order valence-corrected chi connectivity index (χ4v) is 3.34. The normalized spacial score (nSPS) is 15.8. The van der Waals surface area contributed by atoms with Gasteiger partial charge < -0.3 is 25.4 Å². The molecule has 0 bridgehead atoms. The number of carbonyl (C=O) groups excluding carboxylic acids is 2. The van der Waals surface area contributed by atoms with Gasteiger partial charge in [0.1, 0.15) is 5.75 Å². The van der Waals surface area contributed by atoms with Crippen LogP contribution in [-0.4, -0.2) is 31.2 Å². The standard InChI is InChI=1S/C21H21N3O4S/c1-12-17(19(25)23-15-5-4-6-16(11-15)27-2)18(24-21(29)22-12)13-7-9-14(10-8-13)20(26)28-3/h4-11,18H,1-3H3,(H,23,25)(H2,22,24,29)/t18-/m0/s1. The Hall–Kier alpha value is -3.39. The third-order valence-electron chi connectivity index (χ3n) is 4.51. The minimum absolute atomic E-state index is 0.278. The molecule has 150 valence electrons. The molecule has 1 aliphatic heterocycles. The number of nitrogens with one attached hydrogen (secondary N) is 3. The third-order valence-corrected chi connectivity index (χ3v) is 4.73. The molecule has 0 spiro atoms. The topological polar surface area (TPSA) is 88.7 Å². The van der Waals surface area contributed by atoms with Gasteiger partial charge in [0.2, 0.25) is 0 Å². The van der Waals surface area contributed by atoms with Crippen LogP contribution in [0.3, 0.4) is 0 Å². The van der Waals surface area contributed by atoms with E-state index in [1.54, 1.807) is 62.6 Å². The third kappa shape index (κ3) is 4.55. The molecule has 7 nitrogen and oxygen atoms in total. The monoisotopic (exact) mass is 411 g/mol. The summed E-state index contributed by atoms with van der Waals surface area (Å²) in [5.41, 5.74) is 2.97. The average Bonchev–Trinajstić information content (AvgIpc) is 2.72. The SMILES string of the molecule is COC(=O)c1ccc([C@@H]2NC(=S)NC(C)=C2C(=O)Nc2cccc(OC)c2)cc1. The maximum absolute atomic E-state index is 13.1. The van der Waals surface area contributed by atoms with Crippen molar-refractivity contribution >= 4 is 34.9 Å². The quantitative estimate of drug-likeness (QED) is 0.515. The van der Waals surface area contributed by atoms with Gasteiger partial charge in [-0.2, -0.15) is 0 Å². The maximum Gasteiger partial charge on any atom is 0.337 e. The van der Waals surface area contributed by atoms with E-state index in [1.165, 1.54) is 7.11 Å². The van der Waals surface area contributed by atoms with Gasteiger partial charge in [-0.05, 0) is 49.0 Å². The Morgan fingerprint density at radius 1 is 1.10 bits per heavy atom. The minimum atomic E-state index is -0.471. The summed E-state index contributed by atoms with van der Waals surface area (Å²) in [5.74, 6) is -0.0575. The van der Waals surface area contributed by atoms with Crippen LogP contribution in [0.1, 0.15) is 28.9 Å². The van der Waals surface area contributed by atoms with Crippen molar-refractivity contribution in [2.24, 2.45) is 0 Å². The van der Waals surface area contributed by atoms with E-state index in [4.69, 9.17) is 21.7 Å². The molecule has 0 fully saturated rings. The number of rotatable bonds is 5. The van der Waals surface area contributed by atoms with Crippen LogP contribution in [0.25, 0.3) is 0 Å². The van der Waals surface area contributed by atoms with Crippen molar-refractivity contribution in [3.8, 4) is 5.75 Å². The predicted molar refractivity (Wildman–Crippen MR) is 114 cm³/mol. The fraction of sp³-hybridized carbons (Fsp3) is 0.190. The van der Waals surface area contributed by atoms with Gasteiger partial charge in [-0.3, -0.25) is 4.79 Å². The van der Waals surface area contributed by atoms with Gasteiger partial charge in [0.25, 0.3) is 5.91 Å². The van der Waals surface area contributed by atoms with Crippen LogP contribution in [0.2, 0.25) is 0 Å². The van der Waals surface area contributed by atoms with E-state index in [0.29, 0.717) is 33.4 Å². The van der Waals surface area contributed by atoms with Crippen molar-refractivity contribution in [1.29, 1.82) is 0 Å². The number of hydrogen-bond acceptors (Lipinski definition) is 5. The van der Waals surface area contributed by atoms with Crippen LogP contribution in [0.5, 0.6) is 5.75 Å². The summed E-state index contributed by atoms with van der Waals surface area (Å²) in [5, 5.41) is 9.44. The summed E-state index contributed by atoms with van der Waals surface area (Å²) in [7, 11) is 2.90. The van der Waals surface area contributed by atoms with Crippen LogP contribution >= 0.6 is 12.2 Å². The van der Waals surface area contributed by atoms with Crippen LogP contribution in [-0.2, 0) is 9.53 Å². The first-order chi connectivity index (χ1) is 13.9. The van der Waals surface area contributed by atoms with Gasteiger partial charge in [0.15, 0.2) is 5.11 Å². The van der Waals surface area contributed by atoms with Crippen LogP contribution in [0.15, 0.2) is 59.8 Å². The van der Waals surface area contributed by atoms with Crippen LogP contribution < -0.4 is 20.7 Å². The lowest BCUT2D eigenvalue weighted by atomic mass is 9.94. The number of esters is 1. The number of allylic oxidation sites excluding steroid dienone is 1. The van der Waals surface area contributed by atoms with E-state index < -0.39 is 12.0 Å². The second-order valence-corrected chi connectivity index (χ2v) is 6.78. The van der Waals surface area contributed by atoms with E-state index in [2.05, 4.69) is 16.0 Å². The highest BCUT2D eigenvalue weighted by atomic mass is 32.1. The first-order valence-electron chi connectivity index (χ1n) is 8.85. The molecule has 0 radical (unpaired) electrons. The molecular weight excluding hydrogens is 390 g/mol. The second-order valence-electron chi connectivity index (χ2n) is 6.37. The van der Waals surface area contributed by atoms with Crippen LogP contribution in [0.4, 0.5) is 5.69 Å². The van der Waals surface area contributed by atoms with Gasteiger partial charge in [0.05, 0.1) is 31.4 Å². The Morgan fingerprint density at radius 2 is 1.83 bits per heavy atom. The summed E-state index contributed by atoms with van der Waals surface area (Å²) >= 11 is 5.27. The molecule has 2 aromatic rings. The highest BCUT2D eigenvalue weighted by Gasteiger charge is 2.30. The van der Waals surface area contributed by atoms with Gasteiger partial charge in [-0.15, -0.1) is 0 Å². The lowest BCUT2D eigenvalue weighted by Crippen LogP contribution is -2.45. The number of carbonyl (C=O) groups is 2. The van der Waals surface area contributed by atoms with Gasteiger partial charge in [-0.1, -0.05) is 18.2 Å². The zero-order chi connectivity index (χ0) is 21.0. The van der Waals surface area contributed by atoms with E-state index in [1.807, 2.05) is 0 Å². The smallest absolute Gasteiger partial charge is 0.337 e. The Morgan fingerprint density at radius 3 is 2.48 bits per heavy atom. The lowest BCUT2D eigenvalue weighted by molar-refractivity contribution is -0.113. The van der Waals surface area contributed by atoms with Crippen molar-refractivity contribution < 1.29 is 19.1 Å². The molecule has 3 rings (SSSR count). The Kier molecular flexibility index (Phi) is 6.13. The number of ether oxygens (including phenoxy) is 2. The molecule has 29 heavy (non-hydrogen) atoms. The Bertz CT molecular complexity index is 986. The Balaban J connectivity index is 1.91. The number of benzene rings is 2. The average molecular weight is 411 g/mol. The fourth-order valence-electron chi connectivity index (χ4n) is 3.07. The Labute approximate surface area is 174 Å². The maximum atomic E-state index is 13.1. The highest BCUT2D eigenvalue weighted by Crippen LogP contribution is 2.28. The minimum Gasteiger partial charge on any atom is -0.497 e. The first-order valence-corrected chi connectivity index (χ1v) is 9.25. The number of hydrogen-bond donors (Lipinski definition) is 3. The zero-order valence-electron chi connectivity index (χ0n) is 16.2. The number of thiocarbonyl (C=S) groups is 1. The van der Waals surface area contributed by atoms with E-state index in [0.717, 1.165) is 5.56 Å². The largest absolute Gasteiger partial charge is 0.497 e.